The van der Waals surface area contributed by atoms with Gasteiger partial charge in [0.2, 0.25) is 0 Å². The number of pyridine rings is 1. The summed E-state index contributed by atoms with van der Waals surface area (Å²) >= 11 is 6.10. The average Bonchev–Trinajstić information content (AvgIpc) is 3.29. The Balaban J connectivity index is 1.73. The number of carbonyl (C=O) groups is 1. The zero-order chi connectivity index (χ0) is 18.5. The Morgan fingerprint density at radius 1 is 0.889 bits per heavy atom. The Morgan fingerprint density at radius 3 is 2.48 bits per heavy atom. The number of hydrogen-bond donors (Lipinski definition) is 0. The molecule has 1 aromatic heterocycles. The molecule has 1 fully saturated rings. The summed E-state index contributed by atoms with van der Waals surface area (Å²) in [7, 11) is 0. The number of aromatic nitrogens is 1. The highest BCUT2D eigenvalue weighted by Gasteiger charge is 2.32. The van der Waals surface area contributed by atoms with Crippen molar-refractivity contribution in [3.8, 4) is 11.1 Å². The molecule has 2 heterocycles. The molecule has 27 heavy (non-hydrogen) atoms. The van der Waals surface area contributed by atoms with Crippen LogP contribution in [-0.2, 0) is 6.54 Å². The van der Waals surface area contributed by atoms with Crippen molar-refractivity contribution in [2.75, 3.05) is 19.6 Å². The number of para-hydroxylation sites is 1. The Labute approximate surface area is 162 Å². The van der Waals surface area contributed by atoms with Crippen molar-refractivity contribution in [2.24, 2.45) is 0 Å². The first-order valence-corrected chi connectivity index (χ1v) is 9.75. The maximum Gasteiger partial charge on any atom is 0.259 e. The van der Waals surface area contributed by atoms with Crippen molar-refractivity contribution in [3.63, 3.8) is 0 Å². The molecule has 5 heteroatoms. The summed E-state index contributed by atoms with van der Waals surface area (Å²) in [4.78, 5) is 28.9. The van der Waals surface area contributed by atoms with Crippen LogP contribution in [0.5, 0.6) is 0 Å². The van der Waals surface area contributed by atoms with Crippen molar-refractivity contribution in [2.45, 2.75) is 19.4 Å². The second-order valence-electron chi connectivity index (χ2n) is 7.29. The molecule has 2 aliphatic rings. The van der Waals surface area contributed by atoms with E-state index in [1.54, 1.807) is 18.2 Å². The van der Waals surface area contributed by atoms with E-state index >= 15 is 0 Å². The minimum Gasteiger partial charge on any atom is -0.306 e. The number of halogens is 1. The number of rotatable bonds is 3. The molecule has 1 aliphatic carbocycles. The first-order valence-electron chi connectivity index (χ1n) is 9.37. The molecule has 2 aromatic carbocycles. The third kappa shape index (κ3) is 2.55. The van der Waals surface area contributed by atoms with Crippen LogP contribution in [0.25, 0.3) is 22.0 Å². The van der Waals surface area contributed by atoms with Crippen molar-refractivity contribution in [3.05, 3.63) is 69.0 Å². The van der Waals surface area contributed by atoms with Crippen molar-refractivity contribution < 1.29 is 4.79 Å². The van der Waals surface area contributed by atoms with Crippen LogP contribution >= 0.6 is 11.6 Å². The Bertz CT molecular complexity index is 1140. The van der Waals surface area contributed by atoms with E-state index in [0.717, 1.165) is 30.5 Å². The Kier molecular flexibility index (Phi) is 3.92. The van der Waals surface area contributed by atoms with Gasteiger partial charge in [0.1, 0.15) is 0 Å². The van der Waals surface area contributed by atoms with E-state index in [1.807, 2.05) is 28.8 Å². The molecular weight excluding hydrogens is 360 g/mol. The highest BCUT2D eigenvalue weighted by atomic mass is 35.5. The van der Waals surface area contributed by atoms with Crippen LogP contribution in [0.4, 0.5) is 0 Å². The molecular formula is C22H19ClN2O2. The molecule has 3 aromatic rings. The molecule has 0 atom stereocenters. The van der Waals surface area contributed by atoms with Gasteiger partial charge in [0, 0.05) is 34.6 Å². The monoisotopic (exact) mass is 378 g/mol. The second kappa shape index (κ2) is 6.32. The predicted octanol–water partition coefficient (Wildman–Crippen LogP) is 3.96. The minimum absolute atomic E-state index is 0.0858. The molecule has 1 saturated heterocycles. The molecule has 4 nitrogen and oxygen atoms in total. The fourth-order valence-corrected chi connectivity index (χ4v) is 4.59. The minimum atomic E-state index is -0.109. The lowest BCUT2D eigenvalue weighted by atomic mass is 10.0. The quantitative estimate of drug-likeness (QED) is 0.542. The van der Waals surface area contributed by atoms with Gasteiger partial charge in [-0.1, -0.05) is 35.9 Å². The van der Waals surface area contributed by atoms with Crippen LogP contribution in [0.15, 0.2) is 47.3 Å². The summed E-state index contributed by atoms with van der Waals surface area (Å²) in [5.41, 5.74) is 3.00. The van der Waals surface area contributed by atoms with Gasteiger partial charge in [-0.15, -0.1) is 0 Å². The third-order valence-electron chi connectivity index (χ3n) is 5.73. The molecule has 0 unspecified atom stereocenters. The number of benzene rings is 2. The van der Waals surface area contributed by atoms with Gasteiger partial charge < -0.3 is 9.47 Å². The molecule has 0 radical (unpaired) electrons. The first-order chi connectivity index (χ1) is 13.1. The van der Waals surface area contributed by atoms with Gasteiger partial charge in [0.25, 0.3) is 5.56 Å². The summed E-state index contributed by atoms with van der Waals surface area (Å²) in [6.45, 7) is 3.67. The van der Waals surface area contributed by atoms with E-state index in [4.69, 9.17) is 11.6 Å². The molecule has 0 N–H and O–H groups in total. The third-order valence-corrected chi connectivity index (χ3v) is 5.97. The van der Waals surface area contributed by atoms with Gasteiger partial charge in [-0.25, -0.2) is 0 Å². The maximum atomic E-state index is 13.4. The highest BCUT2D eigenvalue weighted by molar-refractivity contribution is 6.33. The Hall–Kier alpha value is -2.43. The zero-order valence-corrected chi connectivity index (χ0v) is 15.6. The highest BCUT2D eigenvalue weighted by Crippen LogP contribution is 2.39. The lowest BCUT2D eigenvalue weighted by molar-refractivity contribution is 0.104. The second-order valence-corrected chi connectivity index (χ2v) is 7.73. The number of nitrogens with zero attached hydrogens (tertiary/aromatic N) is 2. The van der Waals surface area contributed by atoms with E-state index < -0.39 is 0 Å². The summed E-state index contributed by atoms with van der Waals surface area (Å²) in [6.07, 6.45) is 2.45. The van der Waals surface area contributed by atoms with E-state index in [-0.39, 0.29) is 11.3 Å². The smallest absolute Gasteiger partial charge is 0.259 e. The SMILES string of the molecule is O=C1c2cc(Cl)ccc2-c2c1c1ccccc1n(CCN1CCCC1)c2=O. The van der Waals surface area contributed by atoms with Crippen LogP contribution in [0.1, 0.15) is 28.8 Å². The van der Waals surface area contributed by atoms with Crippen LogP contribution in [0.2, 0.25) is 5.02 Å². The molecule has 136 valence electrons. The zero-order valence-electron chi connectivity index (χ0n) is 14.9. The number of carbonyl (C=O) groups excluding carboxylic acids is 1. The summed E-state index contributed by atoms with van der Waals surface area (Å²) in [5, 5.41) is 1.35. The van der Waals surface area contributed by atoms with Crippen molar-refractivity contribution in [1.29, 1.82) is 0 Å². The lowest BCUT2D eigenvalue weighted by Gasteiger charge is -2.18. The van der Waals surface area contributed by atoms with Crippen molar-refractivity contribution >= 4 is 28.3 Å². The fourth-order valence-electron chi connectivity index (χ4n) is 4.42. The average molecular weight is 379 g/mol. The summed E-state index contributed by atoms with van der Waals surface area (Å²) in [5.74, 6) is -0.109. The van der Waals surface area contributed by atoms with Crippen LogP contribution < -0.4 is 5.56 Å². The molecule has 0 spiro atoms. The number of ketones is 1. The largest absolute Gasteiger partial charge is 0.306 e. The number of hydrogen-bond acceptors (Lipinski definition) is 3. The maximum absolute atomic E-state index is 13.4. The Morgan fingerprint density at radius 2 is 1.67 bits per heavy atom. The van der Waals surface area contributed by atoms with Gasteiger partial charge in [-0.3, -0.25) is 9.59 Å². The molecule has 0 amide bonds. The van der Waals surface area contributed by atoms with Crippen LogP contribution in [0.3, 0.4) is 0 Å². The van der Waals surface area contributed by atoms with Gasteiger partial charge in [-0.2, -0.15) is 0 Å². The van der Waals surface area contributed by atoms with Gasteiger partial charge >= 0.3 is 0 Å². The van der Waals surface area contributed by atoms with E-state index in [2.05, 4.69) is 4.90 Å². The summed E-state index contributed by atoms with van der Waals surface area (Å²) < 4.78 is 1.84. The standard InChI is InChI=1S/C22H19ClN2O2/c23-14-7-8-15-17(13-14)21(26)19-16-5-1-2-6-18(16)25(22(27)20(15)19)12-11-24-9-3-4-10-24/h1-2,5-8,13H,3-4,9-12H2. The lowest BCUT2D eigenvalue weighted by Crippen LogP contribution is -2.30. The number of fused-ring (bicyclic) bond motifs is 5. The van der Waals surface area contributed by atoms with E-state index in [0.29, 0.717) is 33.8 Å². The van der Waals surface area contributed by atoms with Gasteiger partial charge in [0.05, 0.1) is 11.1 Å². The van der Waals surface area contributed by atoms with Crippen LogP contribution in [0, 0.1) is 0 Å². The molecule has 1 aliphatic heterocycles. The van der Waals surface area contributed by atoms with Crippen molar-refractivity contribution in [1.82, 2.24) is 9.47 Å². The topological polar surface area (TPSA) is 42.3 Å². The van der Waals surface area contributed by atoms with Gasteiger partial charge in [0.15, 0.2) is 5.78 Å². The van der Waals surface area contributed by atoms with E-state index in [9.17, 15) is 9.59 Å². The van der Waals surface area contributed by atoms with Crippen LogP contribution in [-0.4, -0.2) is 34.9 Å². The summed E-state index contributed by atoms with van der Waals surface area (Å²) in [6, 6.07) is 12.9. The molecule has 0 bridgehead atoms. The number of likely N-dealkylation sites (tertiary alicyclic amines) is 1. The molecule has 0 saturated carbocycles. The fraction of sp³-hybridized carbons (Fsp3) is 0.273. The van der Waals surface area contributed by atoms with Gasteiger partial charge in [-0.05, 0) is 49.7 Å². The first kappa shape index (κ1) is 16.7. The molecule has 5 rings (SSSR count). The normalized spacial score (nSPS) is 16.1. The predicted molar refractivity (Wildman–Crippen MR) is 108 cm³/mol. The van der Waals surface area contributed by atoms with E-state index in [1.165, 1.54) is 12.8 Å².